The van der Waals surface area contributed by atoms with Crippen molar-refractivity contribution < 1.29 is 9.90 Å². The molecule has 0 atom stereocenters. The zero-order valence-corrected chi connectivity index (χ0v) is 11.0. The molecule has 104 valence electrons. The highest BCUT2D eigenvalue weighted by Crippen LogP contribution is 2.16. The van der Waals surface area contributed by atoms with Crippen LogP contribution in [0.4, 0.5) is 5.69 Å². The van der Waals surface area contributed by atoms with E-state index in [0.717, 1.165) is 5.69 Å². The largest absolute Gasteiger partial charge is 0.506 e. The van der Waals surface area contributed by atoms with Crippen LogP contribution >= 0.6 is 0 Å². The lowest BCUT2D eigenvalue weighted by molar-refractivity contribution is 0.102. The molecular weight excluding hydrogens is 268 g/mol. The van der Waals surface area contributed by atoms with E-state index in [-0.39, 0.29) is 11.7 Å². The van der Waals surface area contributed by atoms with Crippen molar-refractivity contribution in [2.75, 3.05) is 5.32 Å². The number of carbonyl (C=O) groups excluding carboxylic acids is 1. The van der Waals surface area contributed by atoms with Gasteiger partial charge in [-0.1, -0.05) is 6.07 Å². The minimum absolute atomic E-state index is 0.0482. The molecule has 0 unspecified atom stereocenters. The molecule has 0 fully saturated rings. The van der Waals surface area contributed by atoms with Crippen molar-refractivity contribution in [3.63, 3.8) is 0 Å². The maximum Gasteiger partial charge on any atom is 0.257 e. The van der Waals surface area contributed by atoms with Gasteiger partial charge in [-0.3, -0.25) is 9.78 Å². The standard InChI is InChI=1S/C15H12N4O2/c20-14-7-11(9-16-10-14)15(21)18-12-3-1-4-13(8-12)19-6-2-5-17-19/h1-10,20H,(H,18,21). The molecule has 3 aromatic rings. The Hall–Kier alpha value is -3.15. The van der Waals surface area contributed by atoms with Crippen LogP contribution in [0, 0.1) is 0 Å². The van der Waals surface area contributed by atoms with Crippen LogP contribution in [0.1, 0.15) is 10.4 Å². The van der Waals surface area contributed by atoms with Crippen LogP contribution in [-0.2, 0) is 0 Å². The van der Waals surface area contributed by atoms with Crippen LogP contribution in [-0.4, -0.2) is 25.8 Å². The molecule has 2 heterocycles. The van der Waals surface area contributed by atoms with Crippen molar-refractivity contribution in [2.24, 2.45) is 0 Å². The first-order valence-electron chi connectivity index (χ1n) is 6.28. The monoisotopic (exact) mass is 280 g/mol. The summed E-state index contributed by atoms with van der Waals surface area (Å²) in [4.78, 5) is 15.9. The third kappa shape index (κ3) is 2.89. The molecule has 6 nitrogen and oxygen atoms in total. The summed E-state index contributed by atoms with van der Waals surface area (Å²) in [6.45, 7) is 0. The zero-order chi connectivity index (χ0) is 14.7. The molecule has 0 saturated carbocycles. The van der Waals surface area contributed by atoms with E-state index in [2.05, 4.69) is 15.4 Å². The summed E-state index contributed by atoms with van der Waals surface area (Å²) >= 11 is 0. The van der Waals surface area contributed by atoms with Crippen LogP contribution in [0.25, 0.3) is 5.69 Å². The lowest BCUT2D eigenvalue weighted by Crippen LogP contribution is -2.12. The van der Waals surface area contributed by atoms with Crippen LogP contribution in [0.15, 0.2) is 61.2 Å². The highest BCUT2D eigenvalue weighted by Gasteiger charge is 2.08. The number of anilines is 1. The molecule has 0 spiro atoms. The average molecular weight is 280 g/mol. The average Bonchev–Trinajstić information content (AvgIpc) is 3.02. The number of rotatable bonds is 3. The van der Waals surface area contributed by atoms with Gasteiger partial charge >= 0.3 is 0 Å². The molecule has 6 heteroatoms. The summed E-state index contributed by atoms with van der Waals surface area (Å²) in [7, 11) is 0. The molecule has 21 heavy (non-hydrogen) atoms. The normalized spacial score (nSPS) is 10.3. The molecular formula is C15H12N4O2. The molecule has 0 aliphatic carbocycles. The SMILES string of the molecule is O=C(Nc1cccc(-n2cccn2)c1)c1cncc(O)c1. The van der Waals surface area contributed by atoms with Gasteiger partial charge in [0.15, 0.2) is 0 Å². The third-order valence-corrected chi connectivity index (χ3v) is 2.86. The number of hydrogen-bond donors (Lipinski definition) is 2. The van der Waals surface area contributed by atoms with Crippen molar-refractivity contribution in [1.82, 2.24) is 14.8 Å². The highest BCUT2D eigenvalue weighted by atomic mass is 16.3. The van der Waals surface area contributed by atoms with E-state index >= 15 is 0 Å². The van der Waals surface area contributed by atoms with Gasteiger partial charge in [-0.15, -0.1) is 0 Å². The van der Waals surface area contributed by atoms with Crippen LogP contribution in [0.2, 0.25) is 0 Å². The fourth-order valence-electron chi connectivity index (χ4n) is 1.90. The number of hydrogen-bond acceptors (Lipinski definition) is 4. The fraction of sp³-hybridized carbons (Fsp3) is 0. The summed E-state index contributed by atoms with van der Waals surface area (Å²) in [6.07, 6.45) is 6.17. The first kappa shape index (κ1) is 12.9. The van der Waals surface area contributed by atoms with Crippen molar-refractivity contribution >= 4 is 11.6 Å². The zero-order valence-electron chi connectivity index (χ0n) is 11.0. The fourth-order valence-corrected chi connectivity index (χ4v) is 1.90. The van der Waals surface area contributed by atoms with E-state index < -0.39 is 0 Å². The van der Waals surface area contributed by atoms with Crippen molar-refractivity contribution in [3.8, 4) is 11.4 Å². The smallest absolute Gasteiger partial charge is 0.257 e. The maximum atomic E-state index is 12.1. The van der Waals surface area contributed by atoms with Gasteiger partial charge in [0.2, 0.25) is 0 Å². The van der Waals surface area contributed by atoms with E-state index in [0.29, 0.717) is 11.3 Å². The van der Waals surface area contributed by atoms with Gasteiger partial charge in [0, 0.05) is 24.3 Å². The number of benzene rings is 1. The predicted octanol–water partition coefficient (Wildman–Crippen LogP) is 2.23. The van der Waals surface area contributed by atoms with Crippen LogP contribution in [0.3, 0.4) is 0 Å². The molecule has 0 radical (unpaired) electrons. The van der Waals surface area contributed by atoms with E-state index in [4.69, 9.17) is 0 Å². The Kier molecular flexibility index (Phi) is 3.34. The number of carbonyl (C=O) groups is 1. The minimum atomic E-state index is -0.337. The number of nitrogens with one attached hydrogen (secondary N) is 1. The Bertz CT molecular complexity index is 769. The number of nitrogens with zero attached hydrogens (tertiary/aromatic N) is 3. The summed E-state index contributed by atoms with van der Waals surface area (Å²) in [6, 6.07) is 10.5. The molecule has 0 bridgehead atoms. The van der Waals surface area contributed by atoms with Gasteiger partial charge in [0.1, 0.15) is 5.75 Å². The van der Waals surface area contributed by atoms with Crippen molar-refractivity contribution in [2.45, 2.75) is 0 Å². The van der Waals surface area contributed by atoms with Crippen LogP contribution < -0.4 is 5.32 Å². The summed E-state index contributed by atoms with van der Waals surface area (Å²) in [5.41, 5.74) is 1.77. The second-order valence-corrected chi connectivity index (χ2v) is 4.39. The van der Waals surface area contributed by atoms with E-state index in [1.54, 1.807) is 23.0 Å². The Morgan fingerprint density at radius 2 is 2.10 bits per heavy atom. The molecule has 0 saturated heterocycles. The molecule has 0 aliphatic heterocycles. The number of pyridine rings is 1. The Morgan fingerprint density at radius 1 is 1.19 bits per heavy atom. The van der Waals surface area contributed by atoms with Crippen molar-refractivity contribution in [3.05, 3.63) is 66.7 Å². The molecule has 0 aliphatic rings. The quantitative estimate of drug-likeness (QED) is 0.771. The lowest BCUT2D eigenvalue weighted by atomic mass is 10.2. The first-order chi connectivity index (χ1) is 10.2. The Balaban J connectivity index is 1.82. The maximum absolute atomic E-state index is 12.1. The molecule has 2 N–H and O–H groups in total. The second kappa shape index (κ2) is 5.46. The van der Waals surface area contributed by atoms with Gasteiger partial charge in [0.05, 0.1) is 17.4 Å². The molecule has 3 rings (SSSR count). The second-order valence-electron chi connectivity index (χ2n) is 4.39. The number of aromatic hydroxyl groups is 1. The van der Waals surface area contributed by atoms with Gasteiger partial charge in [-0.05, 0) is 30.3 Å². The summed E-state index contributed by atoms with van der Waals surface area (Å²) < 4.78 is 1.70. The topological polar surface area (TPSA) is 80.0 Å². The van der Waals surface area contributed by atoms with E-state index in [1.165, 1.54) is 18.5 Å². The minimum Gasteiger partial charge on any atom is -0.506 e. The number of aromatic nitrogens is 3. The van der Waals surface area contributed by atoms with Gasteiger partial charge in [0.25, 0.3) is 5.91 Å². The molecule has 1 amide bonds. The van der Waals surface area contributed by atoms with E-state index in [1.807, 2.05) is 24.4 Å². The third-order valence-electron chi connectivity index (χ3n) is 2.86. The lowest BCUT2D eigenvalue weighted by Gasteiger charge is -2.07. The van der Waals surface area contributed by atoms with Crippen molar-refractivity contribution in [1.29, 1.82) is 0 Å². The molecule has 2 aromatic heterocycles. The van der Waals surface area contributed by atoms with Gasteiger partial charge < -0.3 is 10.4 Å². The van der Waals surface area contributed by atoms with Gasteiger partial charge in [-0.25, -0.2) is 4.68 Å². The van der Waals surface area contributed by atoms with E-state index in [9.17, 15) is 9.90 Å². The summed E-state index contributed by atoms with van der Waals surface area (Å²) in [5, 5.41) is 16.2. The summed E-state index contributed by atoms with van der Waals surface area (Å²) in [5.74, 6) is -0.385. The Morgan fingerprint density at radius 3 is 2.86 bits per heavy atom. The highest BCUT2D eigenvalue weighted by molar-refractivity contribution is 6.04. The molecule has 1 aromatic carbocycles. The van der Waals surface area contributed by atoms with Crippen LogP contribution in [0.5, 0.6) is 5.75 Å². The predicted molar refractivity (Wildman–Crippen MR) is 77.4 cm³/mol. The van der Waals surface area contributed by atoms with Gasteiger partial charge in [-0.2, -0.15) is 5.10 Å². The number of amides is 1. The first-order valence-corrected chi connectivity index (χ1v) is 6.28. The Labute approximate surface area is 120 Å².